The van der Waals surface area contributed by atoms with Crippen molar-refractivity contribution in [3.8, 4) is 0 Å². The second-order valence-electron chi connectivity index (χ2n) is 2.21. The molecule has 6 heteroatoms. The Balaban J connectivity index is 2.55. The van der Waals surface area contributed by atoms with Crippen molar-refractivity contribution in [1.29, 1.82) is 0 Å². The lowest BCUT2D eigenvalue weighted by atomic mass is 10.4. The summed E-state index contributed by atoms with van der Waals surface area (Å²) in [6.07, 6.45) is 0. The van der Waals surface area contributed by atoms with Crippen molar-refractivity contribution < 1.29 is 0 Å². The quantitative estimate of drug-likeness (QED) is 0.256. The number of hydrazone groups is 1. The zero-order valence-electron chi connectivity index (χ0n) is 6.77. The van der Waals surface area contributed by atoms with Crippen LogP contribution in [0.2, 0.25) is 5.15 Å². The van der Waals surface area contributed by atoms with Gasteiger partial charge in [-0.25, -0.2) is 4.98 Å². The highest BCUT2D eigenvalue weighted by Crippen LogP contribution is 2.12. The van der Waals surface area contributed by atoms with Crippen LogP contribution in [0, 0.1) is 0 Å². The summed E-state index contributed by atoms with van der Waals surface area (Å²) in [6, 6.07) is 5.42. The summed E-state index contributed by atoms with van der Waals surface area (Å²) in [6.45, 7) is 0. The van der Waals surface area contributed by atoms with Crippen LogP contribution in [0.25, 0.3) is 0 Å². The molecule has 0 spiro atoms. The highest BCUT2D eigenvalue weighted by Gasteiger charge is 1.98. The summed E-state index contributed by atoms with van der Waals surface area (Å²) in [4.78, 5) is 4.07. The summed E-state index contributed by atoms with van der Waals surface area (Å²) < 4.78 is 0. The van der Waals surface area contributed by atoms with Crippen LogP contribution in [-0.4, -0.2) is 10.2 Å². The van der Waals surface area contributed by atoms with Gasteiger partial charge in [-0.2, -0.15) is 5.10 Å². The SMILES string of the molecule is NN=C(N)SCc1cccc(Cl)n1. The third-order valence-corrected chi connectivity index (χ3v) is 2.32. The van der Waals surface area contributed by atoms with E-state index in [1.54, 1.807) is 6.07 Å². The number of halogens is 1. The number of rotatable bonds is 2. The Morgan fingerprint density at radius 2 is 2.38 bits per heavy atom. The Kier molecular flexibility index (Phi) is 3.85. The average molecular weight is 217 g/mol. The fraction of sp³-hybridized carbons (Fsp3) is 0.143. The predicted molar refractivity (Wildman–Crippen MR) is 56.4 cm³/mol. The summed E-state index contributed by atoms with van der Waals surface area (Å²) in [5.74, 6) is 5.58. The Bertz CT molecular complexity index is 315. The van der Waals surface area contributed by atoms with E-state index in [4.69, 9.17) is 23.2 Å². The molecule has 0 unspecified atom stereocenters. The van der Waals surface area contributed by atoms with Crippen molar-refractivity contribution in [2.75, 3.05) is 0 Å². The van der Waals surface area contributed by atoms with Gasteiger partial charge in [0.15, 0.2) is 5.17 Å². The molecule has 0 radical (unpaired) electrons. The number of amidine groups is 1. The van der Waals surface area contributed by atoms with Crippen LogP contribution in [-0.2, 0) is 5.75 Å². The lowest BCUT2D eigenvalue weighted by molar-refractivity contribution is 1.18. The van der Waals surface area contributed by atoms with E-state index in [1.165, 1.54) is 11.8 Å². The molecule has 70 valence electrons. The van der Waals surface area contributed by atoms with Gasteiger partial charge >= 0.3 is 0 Å². The van der Waals surface area contributed by atoms with E-state index in [1.807, 2.05) is 12.1 Å². The molecule has 0 bridgehead atoms. The molecule has 4 nitrogen and oxygen atoms in total. The van der Waals surface area contributed by atoms with Crippen LogP contribution in [0.1, 0.15) is 5.69 Å². The van der Waals surface area contributed by atoms with Crippen molar-refractivity contribution in [3.63, 3.8) is 0 Å². The summed E-state index contributed by atoms with van der Waals surface area (Å²) in [7, 11) is 0. The van der Waals surface area contributed by atoms with Gasteiger partial charge in [-0.3, -0.25) is 0 Å². The first-order valence-electron chi connectivity index (χ1n) is 3.50. The molecule has 0 aliphatic heterocycles. The van der Waals surface area contributed by atoms with Gasteiger partial charge in [0.1, 0.15) is 5.15 Å². The van der Waals surface area contributed by atoms with Crippen molar-refractivity contribution in [1.82, 2.24) is 4.98 Å². The van der Waals surface area contributed by atoms with Crippen LogP contribution in [0.4, 0.5) is 0 Å². The third-order valence-electron chi connectivity index (χ3n) is 1.27. The Morgan fingerprint density at radius 3 is 3.00 bits per heavy atom. The zero-order valence-corrected chi connectivity index (χ0v) is 8.35. The van der Waals surface area contributed by atoms with Gasteiger partial charge < -0.3 is 11.6 Å². The molecule has 1 rings (SSSR count). The van der Waals surface area contributed by atoms with E-state index in [-0.39, 0.29) is 0 Å². The number of nitrogens with two attached hydrogens (primary N) is 2. The summed E-state index contributed by atoms with van der Waals surface area (Å²) in [5.41, 5.74) is 6.24. The number of pyridine rings is 1. The zero-order chi connectivity index (χ0) is 9.68. The van der Waals surface area contributed by atoms with Gasteiger partial charge in [0, 0.05) is 5.75 Å². The maximum atomic E-state index is 5.69. The van der Waals surface area contributed by atoms with Crippen LogP contribution in [0.3, 0.4) is 0 Å². The largest absolute Gasteiger partial charge is 0.377 e. The maximum absolute atomic E-state index is 5.69. The lowest BCUT2D eigenvalue weighted by Gasteiger charge is -1.99. The second-order valence-corrected chi connectivity index (χ2v) is 3.59. The van der Waals surface area contributed by atoms with Crippen molar-refractivity contribution in [2.45, 2.75) is 5.75 Å². The molecular formula is C7H9ClN4S. The normalized spacial score (nSPS) is 11.6. The fourth-order valence-electron chi connectivity index (χ4n) is 0.716. The molecule has 0 aromatic carbocycles. The van der Waals surface area contributed by atoms with Gasteiger partial charge in [0.2, 0.25) is 0 Å². The smallest absolute Gasteiger partial charge is 0.177 e. The van der Waals surface area contributed by atoms with Crippen LogP contribution in [0.15, 0.2) is 23.3 Å². The third kappa shape index (κ3) is 3.52. The second kappa shape index (κ2) is 4.94. The monoisotopic (exact) mass is 216 g/mol. The summed E-state index contributed by atoms with van der Waals surface area (Å²) >= 11 is 7.01. The lowest BCUT2D eigenvalue weighted by Crippen LogP contribution is -2.09. The number of hydrogen-bond donors (Lipinski definition) is 2. The molecule has 0 atom stereocenters. The van der Waals surface area contributed by atoms with Crippen molar-refractivity contribution in [3.05, 3.63) is 29.0 Å². The molecule has 13 heavy (non-hydrogen) atoms. The maximum Gasteiger partial charge on any atom is 0.177 e. The number of nitrogens with zero attached hydrogens (tertiary/aromatic N) is 2. The number of thioether (sulfide) groups is 1. The highest BCUT2D eigenvalue weighted by atomic mass is 35.5. The van der Waals surface area contributed by atoms with Gasteiger partial charge in [-0.05, 0) is 12.1 Å². The topological polar surface area (TPSA) is 77.3 Å². The van der Waals surface area contributed by atoms with Crippen molar-refractivity contribution in [2.24, 2.45) is 16.7 Å². The molecule has 0 aliphatic rings. The van der Waals surface area contributed by atoms with E-state index in [0.717, 1.165) is 5.69 Å². The highest BCUT2D eigenvalue weighted by molar-refractivity contribution is 8.13. The fourth-order valence-corrected chi connectivity index (χ4v) is 1.43. The van der Waals surface area contributed by atoms with Gasteiger partial charge in [0.25, 0.3) is 0 Å². The summed E-state index contributed by atoms with van der Waals surface area (Å²) in [5, 5.41) is 4.13. The number of aromatic nitrogens is 1. The molecule has 1 aromatic rings. The molecule has 0 amide bonds. The molecule has 0 fully saturated rings. The van der Waals surface area contributed by atoms with Crippen LogP contribution < -0.4 is 11.6 Å². The Hall–Kier alpha value is -0.940. The van der Waals surface area contributed by atoms with Crippen LogP contribution >= 0.6 is 23.4 Å². The Morgan fingerprint density at radius 1 is 1.62 bits per heavy atom. The predicted octanol–water partition coefficient (Wildman–Crippen LogP) is 1.16. The number of hydrogen-bond acceptors (Lipinski definition) is 4. The van der Waals surface area contributed by atoms with Gasteiger partial charge in [-0.15, -0.1) is 0 Å². The van der Waals surface area contributed by atoms with Crippen LogP contribution in [0.5, 0.6) is 0 Å². The molecule has 4 N–H and O–H groups in total. The van der Waals surface area contributed by atoms with E-state index in [2.05, 4.69) is 10.1 Å². The first-order chi connectivity index (χ1) is 6.22. The van der Waals surface area contributed by atoms with E-state index in [0.29, 0.717) is 16.1 Å². The van der Waals surface area contributed by atoms with E-state index >= 15 is 0 Å². The molecule has 0 aliphatic carbocycles. The minimum absolute atomic E-state index is 0.335. The minimum Gasteiger partial charge on any atom is -0.377 e. The molecule has 1 aromatic heterocycles. The first-order valence-corrected chi connectivity index (χ1v) is 4.86. The molecule has 1 heterocycles. The van der Waals surface area contributed by atoms with E-state index < -0.39 is 0 Å². The first kappa shape index (κ1) is 10.1. The standard InChI is InChI=1S/C7H9ClN4S/c8-6-3-1-2-5(11-6)4-13-7(9)12-10/h1-3H,4,10H2,(H2,9,12). The molecular weight excluding hydrogens is 208 g/mol. The van der Waals surface area contributed by atoms with Gasteiger partial charge in [-0.1, -0.05) is 29.4 Å². The van der Waals surface area contributed by atoms with Gasteiger partial charge in [0.05, 0.1) is 5.69 Å². The average Bonchev–Trinajstić information content (AvgIpc) is 2.14. The molecule has 0 saturated carbocycles. The van der Waals surface area contributed by atoms with E-state index in [9.17, 15) is 0 Å². The molecule has 0 saturated heterocycles. The Labute approximate surface area is 85.4 Å². The minimum atomic E-state index is 0.335. The van der Waals surface area contributed by atoms with Crippen molar-refractivity contribution >= 4 is 28.5 Å².